The van der Waals surface area contributed by atoms with E-state index in [1.165, 1.54) is 5.06 Å². The van der Waals surface area contributed by atoms with Crippen molar-refractivity contribution >= 4 is 5.90 Å². The summed E-state index contributed by atoms with van der Waals surface area (Å²) in [5.74, 6) is 0.0833. The van der Waals surface area contributed by atoms with E-state index in [9.17, 15) is 0 Å². The Labute approximate surface area is 55.1 Å². The molecule has 0 aliphatic heterocycles. The van der Waals surface area contributed by atoms with Crippen LogP contribution in [0.15, 0.2) is 0 Å². The van der Waals surface area contributed by atoms with Crippen LogP contribution in [0.3, 0.4) is 0 Å². The Morgan fingerprint density at radius 3 is 2.22 bits per heavy atom. The van der Waals surface area contributed by atoms with E-state index in [0.717, 1.165) is 0 Å². The van der Waals surface area contributed by atoms with Gasteiger partial charge < -0.3 is 10.6 Å². The lowest BCUT2D eigenvalue weighted by Crippen LogP contribution is -2.32. The van der Waals surface area contributed by atoms with Gasteiger partial charge in [0.2, 0.25) is 5.90 Å². The predicted octanol–water partition coefficient (Wildman–Crippen LogP) is -0.196. The number of nitrogens with two attached hydrogens (primary N) is 1. The van der Waals surface area contributed by atoms with Gasteiger partial charge in [0.1, 0.15) is 0 Å². The molecule has 0 aliphatic rings. The molecule has 4 nitrogen and oxygen atoms in total. The summed E-state index contributed by atoms with van der Waals surface area (Å²) in [7, 11) is 3.41. The first-order valence-electron chi connectivity index (χ1n) is 2.73. The number of hydrogen-bond donors (Lipinski definition) is 2. The number of hydrogen-bond acceptors (Lipinski definition) is 4. The molecule has 0 aromatic heterocycles. The maximum absolute atomic E-state index is 7.08. The fraction of sp³-hybridized carbons (Fsp3) is 0.800. The Morgan fingerprint density at radius 2 is 2.11 bits per heavy atom. The maximum atomic E-state index is 7.08. The van der Waals surface area contributed by atoms with Crippen LogP contribution < -0.4 is 5.73 Å². The zero-order chi connectivity index (χ0) is 7.44. The molecule has 0 saturated heterocycles. The third-order valence-corrected chi connectivity index (χ3v) is 0.694. The monoisotopic (exact) mass is 131 g/mol. The molecule has 0 bridgehead atoms. The fourth-order valence-electron chi connectivity index (χ4n) is 0.280. The summed E-state index contributed by atoms with van der Waals surface area (Å²) in [4.78, 5) is 4.80. The van der Waals surface area contributed by atoms with E-state index in [1.54, 1.807) is 21.0 Å². The van der Waals surface area contributed by atoms with Crippen molar-refractivity contribution in [2.45, 2.75) is 13.0 Å². The quantitative estimate of drug-likeness (QED) is 0.310. The standard InChI is InChI=1S/C5H13N3O/c1-4(6)5(7)9-8(2)3/h4,7H,6H2,1-3H3/t4-/m0/s1. The zero-order valence-corrected chi connectivity index (χ0v) is 6.01. The first-order chi connectivity index (χ1) is 4.04. The van der Waals surface area contributed by atoms with E-state index >= 15 is 0 Å². The van der Waals surface area contributed by atoms with Crippen LogP contribution in [-0.4, -0.2) is 31.1 Å². The second-order valence-corrected chi connectivity index (χ2v) is 2.06. The minimum absolute atomic E-state index is 0.0833. The molecule has 0 rings (SSSR count). The number of rotatable bonds is 2. The van der Waals surface area contributed by atoms with Crippen LogP contribution in [0, 0.1) is 5.41 Å². The van der Waals surface area contributed by atoms with E-state index in [0.29, 0.717) is 0 Å². The van der Waals surface area contributed by atoms with Crippen LogP contribution in [0.25, 0.3) is 0 Å². The average molecular weight is 131 g/mol. The van der Waals surface area contributed by atoms with Gasteiger partial charge in [0.25, 0.3) is 0 Å². The van der Waals surface area contributed by atoms with E-state index < -0.39 is 0 Å². The third kappa shape index (κ3) is 3.93. The van der Waals surface area contributed by atoms with E-state index in [-0.39, 0.29) is 11.9 Å². The minimum atomic E-state index is -0.326. The Kier molecular flexibility index (Phi) is 3.19. The molecule has 0 spiro atoms. The molecule has 0 unspecified atom stereocenters. The fourth-order valence-corrected chi connectivity index (χ4v) is 0.280. The lowest BCUT2D eigenvalue weighted by molar-refractivity contribution is -0.0243. The largest absolute Gasteiger partial charge is 0.390 e. The lowest BCUT2D eigenvalue weighted by atomic mass is 10.4. The average Bonchev–Trinajstić information content (AvgIpc) is 1.63. The zero-order valence-electron chi connectivity index (χ0n) is 6.01. The molecule has 54 valence electrons. The Bertz CT molecular complexity index is 100. The molecule has 9 heavy (non-hydrogen) atoms. The number of nitrogens with zero attached hydrogens (tertiary/aromatic N) is 1. The highest BCUT2D eigenvalue weighted by Gasteiger charge is 2.04. The van der Waals surface area contributed by atoms with Gasteiger partial charge in [-0.05, 0) is 6.92 Å². The van der Waals surface area contributed by atoms with E-state index in [4.69, 9.17) is 16.0 Å². The van der Waals surface area contributed by atoms with Gasteiger partial charge in [0.05, 0.1) is 6.04 Å². The highest BCUT2D eigenvalue weighted by molar-refractivity contribution is 5.77. The van der Waals surface area contributed by atoms with Gasteiger partial charge in [-0.15, -0.1) is 5.06 Å². The maximum Gasteiger partial charge on any atom is 0.223 e. The topological polar surface area (TPSA) is 62.3 Å². The van der Waals surface area contributed by atoms with Gasteiger partial charge in [0, 0.05) is 14.1 Å². The molecular formula is C5H13N3O. The van der Waals surface area contributed by atoms with Crippen LogP contribution in [0.4, 0.5) is 0 Å². The summed E-state index contributed by atoms with van der Waals surface area (Å²) in [5, 5.41) is 8.52. The third-order valence-electron chi connectivity index (χ3n) is 0.694. The smallest absolute Gasteiger partial charge is 0.223 e. The van der Waals surface area contributed by atoms with Gasteiger partial charge in [-0.25, -0.2) is 0 Å². The Balaban J connectivity index is 3.51. The molecule has 0 fully saturated rings. The number of hydroxylamine groups is 2. The van der Waals surface area contributed by atoms with Gasteiger partial charge in [-0.1, -0.05) is 0 Å². The van der Waals surface area contributed by atoms with Crippen molar-refractivity contribution in [2.75, 3.05) is 14.1 Å². The molecule has 3 N–H and O–H groups in total. The molecule has 0 aromatic rings. The highest BCUT2D eigenvalue weighted by atomic mass is 16.7. The van der Waals surface area contributed by atoms with Crippen molar-refractivity contribution < 1.29 is 4.84 Å². The minimum Gasteiger partial charge on any atom is -0.390 e. The van der Waals surface area contributed by atoms with Crippen molar-refractivity contribution in [1.29, 1.82) is 5.41 Å². The van der Waals surface area contributed by atoms with Crippen LogP contribution in [0.1, 0.15) is 6.92 Å². The van der Waals surface area contributed by atoms with Gasteiger partial charge in [-0.3, -0.25) is 5.41 Å². The number of nitrogens with one attached hydrogen (secondary N) is 1. The summed E-state index contributed by atoms with van der Waals surface area (Å²) in [6.07, 6.45) is 0. The van der Waals surface area contributed by atoms with E-state index in [2.05, 4.69) is 0 Å². The molecule has 0 aliphatic carbocycles. The van der Waals surface area contributed by atoms with Crippen LogP contribution in [0.5, 0.6) is 0 Å². The lowest BCUT2D eigenvalue weighted by Gasteiger charge is -2.13. The normalized spacial score (nSPS) is 13.4. The molecule has 0 radical (unpaired) electrons. The van der Waals surface area contributed by atoms with Gasteiger partial charge in [-0.2, -0.15) is 0 Å². The van der Waals surface area contributed by atoms with Crippen LogP contribution in [-0.2, 0) is 4.84 Å². The van der Waals surface area contributed by atoms with Gasteiger partial charge in [0.15, 0.2) is 0 Å². The van der Waals surface area contributed by atoms with Gasteiger partial charge >= 0.3 is 0 Å². The Hall–Kier alpha value is -0.610. The summed E-state index contributed by atoms with van der Waals surface area (Å²) < 4.78 is 0. The van der Waals surface area contributed by atoms with Crippen molar-refractivity contribution in [3.8, 4) is 0 Å². The molecule has 0 heterocycles. The van der Waals surface area contributed by atoms with Crippen LogP contribution >= 0.6 is 0 Å². The Morgan fingerprint density at radius 1 is 1.67 bits per heavy atom. The van der Waals surface area contributed by atoms with Crippen LogP contribution in [0.2, 0.25) is 0 Å². The van der Waals surface area contributed by atoms with E-state index in [1.807, 2.05) is 0 Å². The summed E-state index contributed by atoms with van der Waals surface area (Å²) >= 11 is 0. The molecule has 1 atom stereocenters. The SMILES string of the molecule is C[C@H](N)C(=N)ON(C)C. The van der Waals surface area contributed by atoms with Crippen molar-refractivity contribution in [3.05, 3.63) is 0 Å². The highest BCUT2D eigenvalue weighted by Crippen LogP contribution is 1.85. The first-order valence-corrected chi connectivity index (χ1v) is 2.73. The summed E-state index contributed by atoms with van der Waals surface area (Å²) in [6.45, 7) is 1.70. The second kappa shape index (κ2) is 3.42. The molecular weight excluding hydrogens is 118 g/mol. The second-order valence-electron chi connectivity index (χ2n) is 2.06. The van der Waals surface area contributed by atoms with Crippen molar-refractivity contribution in [2.24, 2.45) is 5.73 Å². The molecule has 0 saturated carbocycles. The molecule has 0 aromatic carbocycles. The predicted molar refractivity (Wildman–Crippen MR) is 36.1 cm³/mol. The molecule has 0 amide bonds. The van der Waals surface area contributed by atoms with Crippen molar-refractivity contribution in [3.63, 3.8) is 0 Å². The first kappa shape index (κ1) is 8.39. The molecule has 4 heteroatoms. The summed E-state index contributed by atoms with van der Waals surface area (Å²) in [6, 6.07) is -0.326. The van der Waals surface area contributed by atoms with Crippen molar-refractivity contribution in [1.82, 2.24) is 5.06 Å². The summed E-state index contributed by atoms with van der Waals surface area (Å²) in [5.41, 5.74) is 5.31.